The Morgan fingerprint density at radius 2 is 1.80 bits per heavy atom. The molecule has 0 aliphatic carbocycles. The predicted molar refractivity (Wildman–Crippen MR) is 80.7 cm³/mol. The first kappa shape index (κ1) is 15.0. The highest BCUT2D eigenvalue weighted by molar-refractivity contribution is 9.10. The Morgan fingerprint density at radius 1 is 1.20 bits per heavy atom. The van der Waals surface area contributed by atoms with Crippen molar-refractivity contribution >= 4 is 15.9 Å². The summed E-state index contributed by atoms with van der Waals surface area (Å²) in [7, 11) is 0. The van der Waals surface area contributed by atoms with Gasteiger partial charge in [-0.15, -0.1) is 0 Å². The van der Waals surface area contributed by atoms with Crippen LogP contribution in [0.4, 0.5) is 4.39 Å². The molecule has 2 nitrogen and oxygen atoms in total. The second-order valence-corrected chi connectivity index (χ2v) is 5.60. The Hall–Kier alpha value is -1.39. The van der Waals surface area contributed by atoms with Crippen LogP contribution in [0.5, 0.6) is 11.5 Å². The number of hydrogen-bond donors (Lipinski definition) is 1. The molecule has 0 aliphatic rings. The van der Waals surface area contributed by atoms with Crippen LogP contribution in [0, 0.1) is 19.7 Å². The van der Waals surface area contributed by atoms with E-state index in [1.54, 1.807) is 19.1 Å². The van der Waals surface area contributed by atoms with Crippen LogP contribution >= 0.6 is 15.9 Å². The summed E-state index contributed by atoms with van der Waals surface area (Å²) in [6.07, 6.45) is -0.793. The molecule has 0 aliphatic heterocycles. The molecule has 0 fully saturated rings. The second-order valence-electron chi connectivity index (χ2n) is 4.81. The fourth-order valence-corrected chi connectivity index (χ4v) is 2.27. The summed E-state index contributed by atoms with van der Waals surface area (Å²) in [6.45, 7) is 5.47. The zero-order chi connectivity index (χ0) is 14.9. The molecule has 0 heterocycles. The highest BCUT2D eigenvalue weighted by Gasteiger charge is 2.15. The van der Waals surface area contributed by atoms with Gasteiger partial charge in [0.25, 0.3) is 0 Å². The summed E-state index contributed by atoms with van der Waals surface area (Å²) in [4.78, 5) is 0. The maximum Gasteiger partial charge on any atom is 0.168 e. The van der Waals surface area contributed by atoms with Gasteiger partial charge in [-0.3, -0.25) is 0 Å². The normalized spacial score (nSPS) is 12.3. The summed E-state index contributed by atoms with van der Waals surface area (Å²) in [5.74, 6) is 0.139. The molecule has 0 saturated heterocycles. The summed E-state index contributed by atoms with van der Waals surface area (Å²) >= 11 is 3.48. The highest BCUT2D eigenvalue weighted by Crippen LogP contribution is 2.34. The van der Waals surface area contributed by atoms with Crippen LogP contribution in [0.15, 0.2) is 34.8 Å². The van der Waals surface area contributed by atoms with Crippen molar-refractivity contribution in [1.82, 2.24) is 0 Å². The summed E-state index contributed by atoms with van der Waals surface area (Å²) in [6, 6.07) is 8.19. The minimum atomic E-state index is -0.793. The van der Waals surface area contributed by atoms with Gasteiger partial charge in [0.05, 0.1) is 6.10 Å². The van der Waals surface area contributed by atoms with Crippen molar-refractivity contribution in [3.63, 3.8) is 0 Å². The summed E-state index contributed by atoms with van der Waals surface area (Å²) in [5, 5.41) is 9.71. The van der Waals surface area contributed by atoms with Gasteiger partial charge in [-0.05, 0) is 50.1 Å². The Morgan fingerprint density at radius 3 is 2.35 bits per heavy atom. The molecule has 0 amide bonds. The van der Waals surface area contributed by atoms with Gasteiger partial charge < -0.3 is 9.84 Å². The van der Waals surface area contributed by atoms with Crippen LogP contribution in [-0.2, 0) is 0 Å². The fourth-order valence-electron chi connectivity index (χ4n) is 2.05. The summed E-state index contributed by atoms with van der Waals surface area (Å²) < 4.78 is 20.6. The van der Waals surface area contributed by atoms with Crippen molar-refractivity contribution in [2.45, 2.75) is 26.9 Å². The summed E-state index contributed by atoms with van der Waals surface area (Å²) in [5.41, 5.74) is 2.45. The lowest BCUT2D eigenvalue weighted by atomic mass is 10.1. The Balaban J connectivity index is 2.45. The van der Waals surface area contributed by atoms with Crippen molar-refractivity contribution in [3.8, 4) is 11.5 Å². The lowest BCUT2D eigenvalue weighted by Crippen LogP contribution is -1.99. The highest BCUT2D eigenvalue weighted by atomic mass is 79.9. The standard InChI is InChI=1S/C16H16BrFO2/c1-9-7-12(8-10(2)15(9)17)20-16-13(11(3)19)5-4-6-14(16)18/h4-8,11,19H,1-3H3/t11-/m1/s1. The molecule has 0 aromatic heterocycles. The van der Waals surface area contributed by atoms with Gasteiger partial charge in [0.15, 0.2) is 11.6 Å². The first-order valence-corrected chi connectivity index (χ1v) is 7.10. The van der Waals surface area contributed by atoms with Crippen LogP contribution in [-0.4, -0.2) is 5.11 Å². The Bertz CT molecular complexity index is 615. The molecular formula is C16H16BrFO2. The third-order valence-corrected chi connectivity index (χ3v) is 4.33. The monoisotopic (exact) mass is 338 g/mol. The minimum absolute atomic E-state index is 0.0728. The number of hydrogen-bond acceptors (Lipinski definition) is 2. The van der Waals surface area contributed by atoms with E-state index in [1.807, 2.05) is 26.0 Å². The number of ether oxygens (including phenoxy) is 1. The third-order valence-electron chi connectivity index (χ3n) is 3.08. The molecule has 20 heavy (non-hydrogen) atoms. The molecule has 0 bridgehead atoms. The van der Waals surface area contributed by atoms with Crippen molar-refractivity contribution in [2.24, 2.45) is 0 Å². The van der Waals surface area contributed by atoms with E-state index in [2.05, 4.69) is 15.9 Å². The number of aliphatic hydroxyl groups excluding tert-OH is 1. The zero-order valence-corrected chi connectivity index (χ0v) is 13.2. The average Bonchev–Trinajstić information content (AvgIpc) is 2.38. The van der Waals surface area contributed by atoms with Gasteiger partial charge in [-0.2, -0.15) is 0 Å². The number of benzene rings is 2. The largest absolute Gasteiger partial charge is 0.454 e. The van der Waals surface area contributed by atoms with E-state index in [0.29, 0.717) is 11.3 Å². The molecular weight excluding hydrogens is 323 g/mol. The van der Waals surface area contributed by atoms with Gasteiger partial charge in [-0.1, -0.05) is 28.1 Å². The quantitative estimate of drug-likeness (QED) is 0.848. The molecule has 2 rings (SSSR count). The van der Waals surface area contributed by atoms with E-state index in [9.17, 15) is 9.50 Å². The predicted octanol–water partition coefficient (Wildman–Crippen LogP) is 5.05. The molecule has 0 spiro atoms. The van der Waals surface area contributed by atoms with E-state index < -0.39 is 11.9 Å². The minimum Gasteiger partial charge on any atom is -0.454 e. The van der Waals surface area contributed by atoms with Crippen molar-refractivity contribution in [3.05, 3.63) is 57.3 Å². The van der Waals surface area contributed by atoms with Gasteiger partial charge >= 0.3 is 0 Å². The van der Waals surface area contributed by atoms with Gasteiger partial charge in [0.1, 0.15) is 5.75 Å². The Labute approximate surface area is 126 Å². The number of rotatable bonds is 3. The van der Waals surface area contributed by atoms with Gasteiger partial charge in [0.2, 0.25) is 0 Å². The molecule has 0 saturated carbocycles. The maximum absolute atomic E-state index is 13.9. The number of aryl methyl sites for hydroxylation is 2. The second kappa shape index (κ2) is 5.94. The smallest absolute Gasteiger partial charge is 0.168 e. The molecule has 0 radical (unpaired) electrons. The van der Waals surface area contributed by atoms with Crippen molar-refractivity contribution in [2.75, 3.05) is 0 Å². The van der Waals surface area contributed by atoms with Crippen molar-refractivity contribution < 1.29 is 14.2 Å². The Kier molecular flexibility index (Phi) is 4.45. The third kappa shape index (κ3) is 3.02. The molecule has 1 atom stereocenters. The first-order chi connectivity index (χ1) is 9.40. The molecule has 2 aromatic rings. The lowest BCUT2D eigenvalue weighted by Gasteiger charge is -2.15. The SMILES string of the molecule is Cc1cc(Oc2c(F)cccc2[C@@H](C)O)cc(C)c1Br. The van der Waals surface area contributed by atoms with E-state index in [0.717, 1.165) is 15.6 Å². The zero-order valence-electron chi connectivity index (χ0n) is 11.6. The van der Waals surface area contributed by atoms with E-state index in [1.165, 1.54) is 6.07 Å². The van der Waals surface area contributed by atoms with Crippen LogP contribution in [0.3, 0.4) is 0 Å². The van der Waals surface area contributed by atoms with Gasteiger partial charge in [-0.25, -0.2) is 4.39 Å². The van der Waals surface area contributed by atoms with E-state index >= 15 is 0 Å². The van der Waals surface area contributed by atoms with Crippen LogP contribution < -0.4 is 4.74 Å². The maximum atomic E-state index is 13.9. The van der Waals surface area contributed by atoms with E-state index in [4.69, 9.17) is 4.74 Å². The number of para-hydroxylation sites is 1. The number of halogens is 2. The molecule has 1 N–H and O–H groups in total. The lowest BCUT2D eigenvalue weighted by molar-refractivity contribution is 0.194. The molecule has 106 valence electrons. The van der Waals surface area contributed by atoms with E-state index in [-0.39, 0.29) is 5.75 Å². The topological polar surface area (TPSA) is 29.5 Å². The van der Waals surface area contributed by atoms with Crippen LogP contribution in [0.25, 0.3) is 0 Å². The first-order valence-electron chi connectivity index (χ1n) is 6.31. The van der Waals surface area contributed by atoms with Crippen LogP contribution in [0.2, 0.25) is 0 Å². The molecule has 0 unspecified atom stereocenters. The van der Waals surface area contributed by atoms with Crippen LogP contribution in [0.1, 0.15) is 29.7 Å². The fraction of sp³-hybridized carbons (Fsp3) is 0.250. The van der Waals surface area contributed by atoms with Crippen molar-refractivity contribution in [1.29, 1.82) is 0 Å². The molecule has 4 heteroatoms. The molecule has 2 aromatic carbocycles. The van der Waals surface area contributed by atoms with Gasteiger partial charge in [0, 0.05) is 10.0 Å². The average molecular weight is 339 g/mol. The number of aliphatic hydroxyl groups is 1.